The third kappa shape index (κ3) is 2.87. The van der Waals surface area contributed by atoms with E-state index in [0.29, 0.717) is 24.3 Å². The molecule has 1 unspecified atom stereocenters. The summed E-state index contributed by atoms with van der Waals surface area (Å²) in [5, 5.41) is 7.65. The van der Waals surface area contributed by atoms with Gasteiger partial charge < -0.3 is 10.2 Å². The van der Waals surface area contributed by atoms with Gasteiger partial charge >= 0.3 is 0 Å². The second kappa shape index (κ2) is 5.95. The third-order valence-corrected chi connectivity index (χ3v) is 4.71. The minimum absolute atomic E-state index is 0.327. The summed E-state index contributed by atoms with van der Waals surface area (Å²) >= 11 is 0. The van der Waals surface area contributed by atoms with Gasteiger partial charge in [0.25, 0.3) is 0 Å². The first-order valence-electron chi connectivity index (χ1n) is 7.73. The van der Waals surface area contributed by atoms with Crippen molar-refractivity contribution in [1.29, 1.82) is 0 Å². The van der Waals surface area contributed by atoms with Crippen LogP contribution < -0.4 is 5.32 Å². The first-order chi connectivity index (χ1) is 9.74. The van der Waals surface area contributed by atoms with Crippen LogP contribution >= 0.6 is 0 Å². The van der Waals surface area contributed by atoms with Crippen LogP contribution in [0.1, 0.15) is 43.7 Å². The van der Waals surface area contributed by atoms with Crippen molar-refractivity contribution in [2.45, 2.75) is 44.1 Å². The molecule has 3 rings (SSSR count). The number of nitrogens with zero attached hydrogens (tertiary/aromatic N) is 3. The van der Waals surface area contributed by atoms with Gasteiger partial charge in [-0.1, -0.05) is 0 Å². The van der Waals surface area contributed by atoms with E-state index in [0.717, 1.165) is 38.9 Å². The van der Waals surface area contributed by atoms with E-state index in [-0.39, 0.29) is 0 Å². The number of nitrogens with one attached hydrogen (secondary N) is 1. The van der Waals surface area contributed by atoms with Crippen LogP contribution in [0.15, 0.2) is 12.3 Å². The Morgan fingerprint density at radius 2 is 2.20 bits per heavy atom. The van der Waals surface area contributed by atoms with Crippen LogP contribution in [-0.2, 0) is 11.8 Å². The Balaban J connectivity index is 1.50. The Morgan fingerprint density at radius 3 is 2.80 bits per heavy atom. The van der Waals surface area contributed by atoms with E-state index in [1.165, 1.54) is 12.1 Å². The van der Waals surface area contributed by atoms with Gasteiger partial charge in [0, 0.05) is 50.4 Å². The van der Waals surface area contributed by atoms with Gasteiger partial charge in [0.2, 0.25) is 5.91 Å². The van der Waals surface area contributed by atoms with Crippen LogP contribution in [0.25, 0.3) is 0 Å². The summed E-state index contributed by atoms with van der Waals surface area (Å²) in [4.78, 5) is 14.3. The molecule has 2 fully saturated rings. The van der Waals surface area contributed by atoms with Crippen LogP contribution in [-0.4, -0.2) is 46.3 Å². The number of likely N-dealkylation sites (tertiary alicyclic amines) is 1. The van der Waals surface area contributed by atoms with Gasteiger partial charge in [-0.2, -0.15) is 5.10 Å². The van der Waals surface area contributed by atoms with Gasteiger partial charge in [-0.25, -0.2) is 0 Å². The van der Waals surface area contributed by atoms with Crippen molar-refractivity contribution < 1.29 is 4.79 Å². The highest BCUT2D eigenvalue weighted by Crippen LogP contribution is 2.27. The quantitative estimate of drug-likeness (QED) is 0.904. The molecule has 3 heterocycles. The molecule has 1 atom stereocenters. The van der Waals surface area contributed by atoms with Crippen LogP contribution in [0.5, 0.6) is 0 Å². The number of amides is 1. The van der Waals surface area contributed by atoms with Crippen LogP contribution in [0.3, 0.4) is 0 Å². The molecule has 0 saturated carbocycles. The van der Waals surface area contributed by atoms with E-state index >= 15 is 0 Å². The molecule has 110 valence electrons. The fourth-order valence-corrected chi connectivity index (χ4v) is 3.48. The van der Waals surface area contributed by atoms with Crippen molar-refractivity contribution in [2.24, 2.45) is 7.05 Å². The van der Waals surface area contributed by atoms with Gasteiger partial charge in [0.05, 0.1) is 0 Å². The molecule has 2 aliphatic heterocycles. The lowest BCUT2D eigenvalue weighted by molar-refractivity contribution is -0.132. The zero-order valence-electron chi connectivity index (χ0n) is 12.2. The third-order valence-electron chi connectivity index (χ3n) is 4.71. The number of carbonyl (C=O) groups excluding carboxylic acids is 1. The highest BCUT2D eigenvalue weighted by atomic mass is 16.2. The Morgan fingerprint density at radius 1 is 1.40 bits per heavy atom. The Hall–Kier alpha value is -1.36. The van der Waals surface area contributed by atoms with E-state index in [2.05, 4.69) is 16.5 Å². The van der Waals surface area contributed by atoms with Crippen LogP contribution in [0, 0.1) is 0 Å². The highest BCUT2D eigenvalue weighted by Gasteiger charge is 2.27. The number of aromatic nitrogens is 2. The van der Waals surface area contributed by atoms with Crippen LogP contribution in [0.2, 0.25) is 0 Å². The van der Waals surface area contributed by atoms with Gasteiger partial charge in [-0.3, -0.25) is 9.48 Å². The van der Waals surface area contributed by atoms with Crippen molar-refractivity contribution in [3.05, 3.63) is 18.0 Å². The minimum atomic E-state index is 0.327. The molecule has 0 aliphatic carbocycles. The summed E-state index contributed by atoms with van der Waals surface area (Å²) in [5.41, 5.74) is 1.30. The Labute approximate surface area is 120 Å². The van der Waals surface area contributed by atoms with E-state index in [1.807, 2.05) is 22.8 Å². The molecule has 5 heteroatoms. The topological polar surface area (TPSA) is 50.2 Å². The molecule has 2 saturated heterocycles. The van der Waals surface area contributed by atoms with Gasteiger partial charge in [-0.05, 0) is 38.3 Å². The lowest BCUT2D eigenvalue weighted by Gasteiger charge is -2.32. The standard InChI is InChI=1S/C15H24N4O/c1-18-14(4-8-17-18)12-5-9-19(10-6-12)15(20)11-13-3-2-7-16-13/h4,8,12-13,16H,2-3,5-7,9-11H2,1H3. The molecule has 20 heavy (non-hydrogen) atoms. The number of hydrogen-bond acceptors (Lipinski definition) is 3. The average molecular weight is 276 g/mol. The summed E-state index contributed by atoms with van der Waals surface area (Å²) in [7, 11) is 2.00. The van der Waals surface area contributed by atoms with Gasteiger partial charge in [0.1, 0.15) is 0 Å². The number of piperidine rings is 1. The number of carbonyl (C=O) groups is 1. The van der Waals surface area contributed by atoms with E-state index in [4.69, 9.17) is 0 Å². The van der Waals surface area contributed by atoms with Crippen molar-refractivity contribution in [3.8, 4) is 0 Å². The second-order valence-corrected chi connectivity index (χ2v) is 6.03. The molecular formula is C15H24N4O. The minimum Gasteiger partial charge on any atom is -0.343 e. The first kappa shape index (κ1) is 13.6. The predicted molar refractivity (Wildman–Crippen MR) is 77.4 cm³/mol. The SMILES string of the molecule is Cn1nccc1C1CCN(C(=O)CC2CCCN2)CC1. The number of hydrogen-bond donors (Lipinski definition) is 1. The average Bonchev–Trinajstić information content (AvgIpc) is 3.10. The fourth-order valence-electron chi connectivity index (χ4n) is 3.48. The summed E-state index contributed by atoms with van der Waals surface area (Å²) in [6.45, 7) is 2.85. The fraction of sp³-hybridized carbons (Fsp3) is 0.733. The summed E-state index contributed by atoms with van der Waals surface area (Å²) < 4.78 is 1.96. The Bertz CT molecular complexity index is 456. The number of aryl methyl sites for hydroxylation is 1. The smallest absolute Gasteiger partial charge is 0.224 e. The van der Waals surface area contributed by atoms with E-state index in [9.17, 15) is 4.79 Å². The summed E-state index contributed by atoms with van der Waals surface area (Å²) in [6.07, 6.45) is 7.01. The zero-order valence-corrected chi connectivity index (χ0v) is 12.2. The van der Waals surface area contributed by atoms with Crippen LogP contribution in [0.4, 0.5) is 0 Å². The van der Waals surface area contributed by atoms with Crippen molar-refractivity contribution in [2.75, 3.05) is 19.6 Å². The molecule has 0 bridgehead atoms. The first-order valence-corrected chi connectivity index (χ1v) is 7.73. The zero-order chi connectivity index (χ0) is 13.9. The Kier molecular flexibility index (Phi) is 4.05. The maximum Gasteiger partial charge on any atom is 0.224 e. The molecule has 0 radical (unpaired) electrons. The van der Waals surface area contributed by atoms with Crippen molar-refractivity contribution in [1.82, 2.24) is 20.0 Å². The highest BCUT2D eigenvalue weighted by molar-refractivity contribution is 5.77. The largest absolute Gasteiger partial charge is 0.343 e. The summed E-state index contributed by atoms with van der Waals surface area (Å²) in [6, 6.07) is 2.52. The predicted octanol–water partition coefficient (Wildman–Crippen LogP) is 1.27. The molecule has 2 aliphatic rings. The van der Waals surface area contributed by atoms with E-state index in [1.54, 1.807) is 0 Å². The van der Waals surface area contributed by atoms with Crippen molar-refractivity contribution in [3.63, 3.8) is 0 Å². The lowest BCUT2D eigenvalue weighted by atomic mass is 9.93. The van der Waals surface area contributed by atoms with Gasteiger partial charge in [-0.15, -0.1) is 0 Å². The van der Waals surface area contributed by atoms with Crippen molar-refractivity contribution >= 4 is 5.91 Å². The second-order valence-electron chi connectivity index (χ2n) is 6.03. The monoisotopic (exact) mass is 276 g/mol. The number of rotatable bonds is 3. The molecule has 1 aromatic heterocycles. The molecule has 0 aromatic carbocycles. The molecular weight excluding hydrogens is 252 g/mol. The molecule has 1 aromatic rings. The molecule has 5 nitrogen and oxygen atoms in total. The van der Waals surface area contributed by atoms with Gasteiger partial charge in [0.15, 0.2) is 0 Å². The van der Waals surface area contributed by atoms with E-state index < -0.39 is 0 Å². The molecule has 1 amide bonds. The molecule has 0 spiro atoms. The molecule has 1 N–H and O–H groups in total. The normalized spacial score (nSPS) is 24.2. The maximum absolute atomic E-state index is 12.3. The maximum atomic E-state index is 12.3. The lowest BCUT2D eigenvalue weighted by Crippen LogP contribution is -2.40. The summed E-state index contributed by atoms with van der Waals surface area (Å²) in [5.74, 6) is 0.879.